The molecule has 0 N–H and O–H groups in total. The van der Waals surface area contributed by atoms with E-state index in [0.717, 1.165) is 0 Å². The van der Waals surface area contributed by atoms with Gasteiger partial charge in [0, 0.05) is 10.8 Å². The molecule has 8 aromatic carbocycles. The molecule has 43 heavy (non-hydrogen) atoms. The van der Waals surface area contributed by atoms with Gasteiger partial charge in [0.15, 0.2) is 0 Å². The van der Waals surface area contributed by atoms with Crippen LogP contribution in [-0.4, -0.2) is 0 Å². The predicted octanol–water partition coefficient (Wildman–Crippen LogP) is 12.0. The van der Waals surface area contributed by atoms with E-state index in [1.807, 2.05) is 0 Å². The molecule has 1 heterocycles. The first-order valence-corrected chi connectivity index (χ1v) is 12.7. The Kier molecular flexibility index (Phi) is 2.13. The van der Waals surface area contributed by atoms with Crippen LogP contribution in [0.4, 0.5) is 0 Å². The van der Waals surface area contributed by atoms with E-state index in [-0.39, 0.29) is 5.39 Å². The highest BCUT2D eigenvalue weighted by molar-refractivity contribution is 6.25. The second-order valence-electron chi connectivity index (χ2n) is 9.26. The molecule has 1 heteroatoms. The summed E-state index contributed by atoms with van der Waals surface area (Å²) in [7, 11) is 0. The van der Waals surface area contributed by atoms with Gasteiger partial charge in [-0.1, -0.05) is 127 Å². The van der Waals surface area contributed by atoms with Crippen molar-refractivity contribution >= 4 is 54.3 Å². The molecule has 0 aliphatic heterocycles. The molecule has 9 aromatic rings. The zero-order chi connectivity index (χ0) is 51.0. The molecule has 0 bridgehead atoms. The van der Waals surface area contributed by atoms with E-state index < -0.39 is 239 Å². The van der Waals surface area contributed by atoms with Crippen molar-refractivity contribution in [2.75, 3.05) is 0 Å². The third-order valence-electron chi connectivity index (χ3n) is 6.82. The smallest absolute Gasteiger partial charge is 0.135 e. The summed E-state index contributed by atoms with van der Waals surface area (Å²) in [5.41, 5.74) is -5.75. The molecular weight excluding hydrogens is 520 g/mol. The van der Waals surface area contributed by atoms with E-state index >= 15 is 0 Å². The topological polar surface area (TPSA) is 13.1 Å². The summed E-state index contributed by atoms with van der Waals surface area (Å²) in [6.07, 6.45) is 0. The lowest BCUT2D eigenvalue weighted by atomic mass is 9.91. The van der Waals surface area contributed by atoms with Gasteiger partial charge in [-0.15, -0.1) is 0 Å². The number of furan rings is 1. The molecule has 0 radical (unpaired) electrons. The zero-order valence-electron chi connectivity index (χ0n) is 47.4. The van der Waals surface area contributed by atoms with Crippen molar-refractivity contribution < 1.29 is 40.1 Å². The van der Waals surface area contributed by atoms with Crippen LogP contribution in [0.1, 0.15) is 35.6 Å². The van der Waals surface area contributed by atoms with Crippen molar-refractivity contribution in [2.45, 2.75) is 0 Å². The molecule has 0 aliphatic carbocycles. The van der Waals surface area contributed by atoms with Crippen molar-refractivity contribution in [3.63, 3.8) is 0 Å². The van der Waals surface area contributed by atoms with Gasteiger partial charge in [-0.05, 0) is 95.9 Å². The van der Waals surface area contributed by atoms with E-state index in [9.17, 15) is 12.3 Å². The number of para-hydroxylation sites is 1. The third-order valence-corrected chi connectivity index (χ3v) is 6.82. The van der Waals surface area contributed by atoms with Crippen molar-refractivity contribution in [3.05, 3.63) is 157 Å². The van der Waals surface area contributed by atoms with E-state index in [0.29, 0.717) is 0 Å². The fourth-order valence-corrected chi connectivity index (χ4v) is 4.87. The lowest BCUT2D eigenvalue weighted by molar-refractivity contribution is 0.669. The fourth-order valence-electron chi connectivity index (χ4n) is 4.87. The first kappa shape index (κ1) is 9.69. The van der Waals surface area contributed by atoms with Crippen LogP contribution in [0.15, 0.2) is 162 Å². The Morgan fingerprint density at radius 1 is 0.279 bits per heavy atom. The van der Waals surface area contributed by atoms with Gasteiger partial charge in [-0.25, -0.2) is 0 Å². The highest BCUT2D eigenvalue weighted by Crippen LogP contribution is 2.38. The molecule has 1 nitrogen and oxygen atoms in total. The van der Waals surface area contributed by atoms with Gasteiger partial charge in [-0.2, -0.15) is 0 Å². The van der Waals surface area contributed by atoms with E-state index in [1.54, 1.807) is 0 Å². The summed E-state index contributed by atoms with van der Waals surface area (Å²) in [4.78, 5) is 0. The maximum Gasteiger partial charge on any atom is 0.135 e. The van der Waals surface area contributed by atoms with Crippen LogP contribution in [0.3, 0.4) is 0 Å². The van der Waals surface area contributed by atoms with Gasteiger partial charge >= 0.3 is 0 Å². The van der Waals surface area contributed by atoms with Crippen LogP contribution in [0.25, 0.3) is 87.6 Å². The lowest BCUT2D eigenvalue weighted by Gasteiger charge is -2.12. The molecule has 0 amide bonds. The second-order valence-corrected chi connectivity index (χ2v) is 9.26. The maximum absolute atomic E-state index is 9.54. The van der Waals surface area contributed by atoms with Crippen molar-refractivity contribution in [1.29, 1.82) is 0 Å². The normalized spacial score (nSPS) is 20.2. The number of hydrogen-bond acceptors (Lipinski definition) is 1. The van der Waals surface area contributed by atoms with Gasteiger partial charge in [0.05, 0.1) is 35.6 Å². The second kappa shape index (κ2) is 9.44. The maximum atomic E-state index is 9.54. The molecule has 0 saturated heterocycles. The zero-order valence-corrected chi connectivity index (χ0v) is 21.4. The van der Waals surface area contributed by atoms with Crippen LogP contribution >= 0.6 is 0 Å². The standard InChI is InChI=1S/C42H26O/c1-2-12-35-33(10-1)34-11-3-4-13-36(34)39-25-31(20-22-37(35)39)28-18-16-27(17-19-28)29-8-7-9-30(24-29)32-21-23-42-40(26-32)38-14-5-6-15-41(38)43-42/h1-26H/i1D,2D,3D,4D,5D,6D,7D,8D,9D,10D,11D,12D,13D,14D,15D,16D,17D,18D,19D,20D,21D,22D,23D,24D,25D,26D. The fraction of sp³-hybridized carbons (Fsp3) is 0. The van der Waals surface area contributed by atoms with Crippen LogP contribution in [0.2, 0.25) is 0 Å². The van der Waals surface area contributed by atoms with Crippen molar-refractivity contribution in [3.8, 4) is 33.4 Å². The quantitative estimate of drug-likeness (QED) is 0.192. The third kappa shape index (κ3) is 3.86. The Hall–Kier alpha value is -5.66. The average Bonchev–Trinajstić information content (AvgIpc) is 3.73. The van der Waals surface area contributed by atoms with E-state index in [4.69, 9.17) is 27.7 Å². The van der Waals surface area contributed by atoms with E-state index in [2.05, 4.69) is 0 Å². The van der Waals surface area contributed by atoms with Crippen molar-refractivity contribution in [1.82, 2.24) is 0 Å². The summed E-state index contributed by atoms with van der Waals surface area (Å²) in [5.74, 6) is 0. The monoisotopic (exact) mass is 572 g/mol. The average molecular weight is 573 g/mol. The number of hydrogen-bond donors (Lipinski definition) is 0. The van der Waals surface area contributed by atoms with Crippen LogP contribution in [-0.2, 0) is 0 Å². The van der Waals surface area contributed by atoms with Crippen LogP contribution in [0.5, 0.6) is 0 Å². The molecular formula is C42H26O. The summed E-state index contributed by atoms with van der Waals surface area (Å²) >= 11 is 0. The molecule has 0 aliphatic rings. The molecule has 9 rings (SSSR count). The van der Waals surface area contributed by atoms with Crippen LogP contribution < -0.4 is 0 Å². The Morgan fingerprint density at radius 3 is 1.37 bits per heavy atom. The lowest BCUT2D eigenvalue weighted by Crippen LogP contribution is -1.85. The van der Waals surface area contributed by atoms with Crippen LogP contribution in [0, 0.1) is 0 Å². The minimum absolute atomic E-state index is 0.370. The minimum Gasteiger partial charge on any atom is -0.456 e. The molecule has 0 atom stereocenters. The van der Waals surface area contributed by atoms with Gasteiger partial charge in [0.2, 0.25) is 0 Å². The summed E-state index contributed by atoms with van der Waals surface area (Å²) < 4.78 is 236. The van der Waals surface area contributed by atoms with E-state index in [1.165, 1.54) is 0 Å². The van der Waals surface area contributed by atoms with Gasteiger partial charge in [-0.3, -0.25) is 0 Å². The Labute approximate surface area is 285 Å². The molecule has 0 fully saturated rings. The number of benzene rings is 8. The molecule has 0 spiro atoms. The molecule has 0 unspecified atom stereocenters. The van der Waals surface area contributed by atoms with Crippen molar-refractivity contribution in [2.24, 2.45) is 0 Å². The number of rotatable bonds is 3. The molecule has 1 aromatic heterocycles. The molecule has 200 valence electrons. The first-order chi connectivity index (χ1) is 32.2. The largest absolute Gasteiger partial charge is 0.456 e. The van der Waals surface area contributed by atoms with Gasteiger partial charge < -0.3 is 4.42 Å². The van der Waals surface area contributed by atoms with Gasteiger partial charge in [0.1, 0.15) is 11.2 Å². The Balaban J connectivity index is 1.39. The highest BCUT2D eigenvalue weighted by Gasteiger charge is 2.11. The Morgan fingerprint density at radius 2 is 0.698 bits per heavy atom. The number of fused-ring (bicyclic) bond motifs is 9. The minimum atomic E-state index is -1.06. The predicted molar refractivity (Wildman–Crippen MR) is 183 cm³/mol. The highest BCUT2D eigenvalue weighted by atomic mass is 16.3. The molecule has 0 saturated carbocycles. The summed E-state index contributed by atoms with van der Waals surface area (Å²) in [5, 5.41) is -3.73. The summed E-state index contributed by atoms with van der Waals surface area (Å²) in [6.45, 7) is 0. The first-order valence-electron chi connectivity index (χ1n) is 25.7. The van der Waals surface area contributed by atoms with Gasteiger partial charge in [0.25, 0.3) is 0 Å². The SMILES string of the molecule is [2H]c1c([2H])c(-c2c([2H])c([2H])c(-c3c([2H])c([2H])c4c5c([2H])c([2H])c([2H])c([2H])c5c5c([2H])c([2H])c([2H])c([2H])c5c4c3[2H])c([2H])c2[2H])c([2H])c(-c2c([2H])c([2H])c3oc4c([2H])c([2H])c([2H])c([2H])c4c3c2[2H])c1[2H]. The Bertz CT molecular complexity index is 3890. The summed E-state index contributed by atoms with van der Waals surface area (Å²) in [6, 6.07) is -22.5.